The Morgan fingerprint density at radius 3 is 2.40 bits per heavy atom. The van der Waals surface area contributed by atoms with E-state index < -0.39 is 0 Å². The van der Waals surface area contributed by atoms with Crippen LogP contribution in [0.2, 0.25) is 0 Å². The monoisotopic (exact) mass is 270 g/mol. The highest BCUT2D eigenvalue weighted by Crippen LogP contribution is 2.25. The van der Waals surface area contributed by atoms with Gasteiger partial charge in [-0.25, -0.2) is 4.39 Å². The summed E-state index contributed by atoms with van der Waals surface area (Å²) in [6.07, 6.45) is 2.56. The lowest BCUT2D eigenvalue weighted by molar-refractivity contribution is 0.628. The Morgan fingerprint density at radius 2 is 1.65 bits per heavy atom. The van der Waals surface area contributed by atoms with E-state index in [9.17, 15) is 4.39 Å². The first-order valence-electron chi connectivity index (χ1n) is 7.15. The van der Waals surface area contributed by atoms with Gasteiger partial charge in [-0.1, -0.05) is 18.2 Å². The van der Waals surface area contributed by atoms with E-state index in [1.54, 1.807) is 12.1 Å². The molecule has 0 aliphatic carbocycles. The maximum atomic E-state index is 12.9. The fourth-order valence-corrected chi connectivity index (χ4v) is 2.69. The number of para-hydroxylation sites is 1. The fourth-order valence-electron chi connectivity index (χ4n) is 2.69. The summed E-state index contributed by atoms with van der Waals surface area (Å²) >= 11 is 0. The van der Waals surface area contributed by atoms with Crippen molar-refractivity contribution in [3.63, 3.8) is 0 Å². The Labute approximate surface area is 119 Å². The average Bonchev–Trinajstić information content (AvgIpc) is 3.01. The number of hydrogen-bond donors (Lipinski definition) is 1. The second-order valence-electron chi connectivity index (χ2n) is 5.18. The zero-order valence-electron chi connectivity index (χ0n) is 11.5. The van der Waals surface area contributed by atoms with Gasteiger partial charge >= 0.3 is 0 Å². The van der Waals surface area contributed by atoms with Gasteiger partial charge in [0.15, 0.2) is 0 Å². The Balaban J connectivity index is 1.72. The van der Waals surface area contributed by atoms with E-state index in [0.29, 0.717) is 0 Å². The standard InChI is InChI=1S/C17H19FN2/c18-15-7-9-16(10-8-15)19-13-14-5-1-2-6-17(14)20-11-3-4-12-20/h1-2,5-10,19H,3-4,11-13H2. The average molecular weight is 270 g/mol. The van der Waals surface area contributed by atoms with Crippen LogP contribution in [0, 0.1) is 5.82 Å². The predicted molar refractivity (Wildman–Crippen MR) is 81.6 cm³/mol. The van der Waals surface area contributed by atoms with Gasteiger partial charge in [-0.15, -0.1) is 0 Å². The molecule has 0 spiro atoms. The lowest BCUT2D eigenvalue weighted by Crippen LogP contribution is -2.19. The summed E-state index contributed by atoms with van der Waals surface area (Å²) < 4.78 is 12.9. The van der Waals surface area contributed by atoms with Crippen molar-refractivity contribution in [1.29, 1.82) is 0 Å². The van der Waals surface area contributed by atoms with Crippen LogP contribution in [-0.4, -0.2) is 13.1 Å². The van der Waals surface area contributed by atoms with Crippen molar-refractivity contribution in [2.24, 2.45) is 0 Å². The fraction of sp³-hybridized carbons (Fsp3) is 0.294. The number of nitrogens with one attached hydrogen (secondary N) is 1. The van der Waals surface area contributed by atoms with Crippen LogP contribution in [0.25, 0.3) is 0 Å². The number of halogens is 1. The summed E-state index contributed by atoms with van der Waals surface area (Å²) in [6.45, 7) is 3.05. The van der Waals surface area contributed by atoms with E-state index in [1.807, 2.05) is 0 Å². The summed E-state index contributed by atoms with van der Waals surface area (Å²) in [7, 11) is 0. The molecule has 1 heterocycles. The SMILES string of the molecule is Fc1ccc(NCc2ccccc2N2CCCC2)cc1. The first kappa shape index (κ1) is 13.0. The highest BCUT2D eigenvalue weighted by atomic mass is 19.1. The molecule has 2 aromatic rings. The van der Waals surface area contributed by atoms with Crippen LogP contribution >= 0.6 is 0 Å². The summed E-state index contributed by atoms with van der Waals surface area (Å²) in [5.41, 5.74) is 3.56. The molecule has 1 N–H and O–H groups in total. The van der Waals surface area contributed by atoms with Crippen molar-refractivity contribution in [3.8, 4) is 0 Å². The molecule has 0 unspecified atom stereocenters. The second kappa shape index (κ2) is 5.95. The van der Waals surface area contributed by atoms with Crippen molar-refractivity contribution < 1.29 is 4.39 Å². The Kier molecular flexibility index (Phi) is 3.86. The van der Waals surface area contributed by atoms with Gasteiger partial charge in [0, 0.05) is 31.0 Å². The molecule has 0 atom stereocenters. The minimum atomic E-state index is -0.201. The quantitative estimate of drug-likeness (QED) is 0.902. The zero-order chi connectivity index (χ0) is 13.8. The number of anilines is 2. The molecule has 1 aliphatic rings. The van der Waals surface area contributed by atoms with Gasteiger partial charge in [0.1, 0.15) is 5.82 Å². The highest BCUT2D eigenvalue weighted by molar-refractivity contribution is 5.56. The van der Waals surface area contributed by atoms with E-state index in [-0.39, 0.29) is 5.82 Å². The molecule has 1 saturated heterocycles. The Bertz CT molecular complexity index is 559. The first-order chi connectivity index (χ1) is 9.83. The number of rotatable bonds is 4. The van der Waals surface area contributed by atoms with Crippen molar-refractivity contribution >= 4 is 11.4 Å². The smallest absolute Gasteiger partial charge is 0.123 e. The lowest BCUT2D eigenvalue weighted by atomic mass is 10.1. The number of benzene rings is 2. The molecular formula is C17H19FN2. The van der Waals surface area contributed by atoms with Gasteiger partial charge in [0.05, 0.1) is 0 Å². The minimum absolute atomic E-state index is 0.201. The molecule has 0 saturated carbocycles. The maximum Gasteiger partial charge on any atom is 0.123 e. The molecule has 0 radical (unpaired) electrons. The van der Waals surface area contributed by atoms with Crippen molar-refractivity contribution in [2.45, 2.75) is 19.4 Å². The van der Waals surface area contributed by atoms with E-state index in [4.69, 9.17) is 0 Å². The van der Waals surface area contributed by atoms with Crippen LogP contribution in [0.3, 0.4) is 0 Å². The van der Waals surface area contributed by atoms with E-state index in [0.717, 1.165) is 25.3 Å². The minimum Gasteiger partial charge on any atom is -0.381 e. The molecule has 3 heteroatoms. The summed E-state index contributed by atoms with van der Waals surface area (Å²) in [5.74, 6) is -0.201. The second-order valence-corrected chi connectivity index (χ2v) is 5.18. The molecule has 1 aliphatic heterocycles. The van der Waals surface area contributed by atoms with Crippen molar-refractivity contribution in [1.82, 2.24) is 0 Å². The molecule has 3 rings (SSSR count). The molecule has 0 amide bonds. The normalized spacial score (nSPS) is 14.6. The molecule has 1 fully saturated rings. The van der Waals surface area contributed by atoms with Crippen LogP contribution in [-0.2, 0) is 6.54 Å². The topological polar surface area (TPSA) is 15.3 Å². The van der Waals surface area contributed by atoms with Crippen LogP contribution < -0.4 is 10.2 Å². The molecule has 20 heavy (non-hydrogen) atoms. The number of nitrogens with zero attached hydrogens (tertiary/aromatic N) is 1. The molecule has 2 nitrogen and oxygen atoms in total. The lowest BCUT2D eigenvalue weighted by Gasteiger charge is -2.21. The first-order valence-corrected chi connectivity index (χ1v) is 7.15. The van der Waals surface area contributed by atoms with Gasteiger partial charge in [-0.05, 0) is 48.7 Å². The maximum absolute atomic E-state index is 12.9. The van der Waals surface area contributed by atoms with Gasteiger partial charge in [0.25, 0.3) is 0 Å². The largest absolute Gasteiger partial charge is 0.381 e. The summed E-state index contributed by atoms with van der Waals surface area (Å²) in [6, 6.07) is 15.0. The van der Waals surface area contributed by atoms with Crippen molar-refractivity contribution in [3.05, 3.63) is 59.9 Å². The molecule has 104 valence electrons. The van der Waals surface area contributed by atoms with Crippen molar-refractivity contribution in [2.75, 3.05) is 23.3 Å². The highest BCUT2D eigenvalue weighted by Gasteiger charge is 2.14. The number of hydrogen-bond acceptors (Lipinski definition) is 2. The van der Waals surface area contributed by atoms with E-state index >= 15 is 0 Å². The van der Waals surface area contributed by atoms with Gasteiger partial charge in [0.2, 0.25) is 0 Å². The third-order valence-electron chi connectivity index (χ3n) is 3.77. The molecular weight excluding hydrogens is 251 g/mol. The third kappa shape index (κ3) is 2.93. The summed E-state index contributed by atoms with van der Waals surface area (Å²) in [5, 5.41) is 3.36. The molecule has 0 aromatic heterocycles. The Morgan fingerprint density at radius 1 is 0.950 bits per heavy atom. The van der Waals surface area contributed by atoms with Crippen LogP contribution in [0.15, 0.2) is 48.5 Å². The Hall–Kier alpha value is -2.03. The summed E-state index contributed by atoms with van der Waals surface area (Å²) in [4.78, 5) is 2.45. The van der Waals surface area contributed by atoms with Crippen LogP contribution in [0.5, 0.6) is 0 Å². The van der Waals surface area contributed by atoms with Gasteiger partial charge in [-0.2, -0.15) is 0 Å². The van der Waals surface area contributed by atoms with Gasteiger partial charge in [-0.3, -0.25) is 0 Å². The predicted octanol–water partition coefficient (Wildman–Crippen LogP) is 4.04. The van der Waals surface area contributed by atoms with Gasteiger partial charge < -0.3 is 10.2 Å². The molecule has 2 aromatic carbocycles. The van der Waals surface area contributed by atoms with E-state index in [1.165, 1.54) is 36.2 Å². The third-order valence-corrected chi connectivity index (χ3v) is 3.77. The zero-order valence-corrected chi connectivity index (χ0v) is 11.5. The van der Waals surface area contributed by atoms with E-state index in [2.05, 4.69) is 34.5 Å². The van der Waals surface area contributed by atoms with Crippen LogP contribution in [0.4, 0.5) is 15.8 Å². The van der Waals surface area contributed by atoms with Crippen LogP contribution in [0.1, 0.15) is 18.4 Å². The molecule has 0 bridgehead atoms.